The number of nitrogens with one attached hydrogen (secondary N) is 3. The fourth-order valence-electron chi connectivity index (χ4n) is 11.5. The molecule has 91 heavy (non-hydrogen) atoms. The lowest BCUT2D eigenvalue weighted by atomic mass is 9.91. The summed E-state index contributed by atoms with van der Waals surface area (Å²) in [5.41, 5.74) is 0. The summed E-state index contributed by atoms with van der Waals surface area (Å²) >= 11 is 0. The minimum Gasteiger partial charge on any atom is -0.411 e. The summed E-state index contributed by atoms with van der Waals surface area (Å²) in [6.45, 7) is 37.9. The molecular weight excluding hydrogens is 1180 g/mol. The molecule has 12 atom stereocenters. The molecule has 1 aliphatic heterocycles. The van der Waals surface area contributed by atoms with Crippen LogP contribution in [-0.2, 0) is 57.2 Å². The van der Waals surface area contributed by atoms with Crippen molar-refractivity contribution in [3.63, 3.8) is 0 Å². The van der Waals surface area contributed by atoms with Crippen LogP contribution in [0.15, 0.2) is 0 Å². The van der Waals surface area contributed by atoms with Gasteiger partial charge in [-0.1, -0.05) is 125 Å². The maximum absolute atomic E-state index is 15.7. The first-order valence-electron chi connectivity index (χ1n) is 33.2. The Kier molecular flexibility index (Phi) is 33.3. The van der Waals surface area contributed by atoms with E-state index in [0.29, 0.717) is 0 Å². The van der Waals surface area contributed by atoms with E-state index in [1.807, 2.05) is 96.2 Å². The fraction of sp³-hybridized carbons (Fsp3) is 0.836. The maximum atomic E-state index is 15.7. The summed E-state index contributed by atoms with van der Waals surface area (Å²) in [5, 5.41) is 18.6. The summed E-state index contributed by atoms with van der Waals surface area (Å²) in [4.78, 5) is 172. The molecule has 0 aliphatic carbocycles. The lowest BCUT2D eigenvalue weighted by molar-refractivity contribution is -0.157. The van der Waals surface area contributed by atoms with E-state index in [1.165, 1.54) is 85.7 Å². The van der Waals surface area contributed by atoms with E-state index in [2.05, 4.69) is 16.0 Å². The van der Waals surface area contributed by atoms with Gasteiger partial charge in [-0.05, 0) is 105 Å². The molecule has 0 aromatic carbocycles. The van der Waals surface area contributed by atoms with Crippen LogP contribution in [0, 0.1) is 47.3 Å². The second-order valence-corrected chi connectivity index (χ2v) is 34.7. The van der Waals surface area contributed by atoms with Gasteiger partial charge in [0.2, 0.25) is 59.1 Å². The number of carbonyl (C=O) groups is 11. The van der Waals surface area contributed by atoms with Crippen LogP contribution in [0.25, 0.3) is 0 Å². The van der Waals surface area contributed by atoms with Gasteiger partial charge in [-0.25, -0.2) is 0 Å². The van der Waals surface area contributed by atoms with E-state index in [4.69, 9.17) is 4.43 Å². The van der Waals surface area contributed by atoms with Crippen molar-refractivity contribution in [1.82, 2.24) is 50.2 Å². The minimum atomic E-state index is -2.85. The van der Waals surface area contributed by atoms with Gasteiger partial charge in [0.15, 0.2) is 14.1 Å². The Balaban J connectivity index is 4.53. The van der Waals surface area contributed by atoms with Crippen molar-refractivity contribution < 1.29 is 62.3 Å². The first-order valence-corrected chi connectivity index (χ1v) is 36.1. The third-order valence-corrected chi connectivity index (χ3v) is 22.9. The molecule has 1 aliphatic rings. The predicted octanol–water partition coefficient (Wildman–Crippen LogP) is 5.81. The van der Waals surface area contributed by atoms with Gasteiger partial charge in [-0.2, -0.15) is 0 Å². The van der Waals surface area contributed by atoms with Crippen molar-refractivity contribution in [3.8, 4) is 0 Å². The Bertz CT molecular complexity index is 2480. The average Bonchev–Trinajstić information content (AvgIpc) is 0.816. The monoisotopic (exact) mass is 1300 g/mol. The van der Waals surface area contributed by atoms with E-state index in [-0.39, 0.29) is 75.2 Å². The number of aliphatic hydroxyl groups excluding tert-OH is 1. The van der Waals surface area contributed by atoms with Crippen molar-refractivity contribution in [2.75, 3.05) is 62.5 Å². The average molecular weight is 1310 g/mol. The first kappa shape index (κ1) is 83.5. The van der Waals surface area contributed by atoms with Gasteiger partial charge in [-0.3, -0.25) is 52.7 Å². The molecule has 10 amide bonds. The van der Waals surface area contributed by atoms with Crippen LogP contribution in [0.1, 0.15) is 176 Å². The van der Waals surface area contributed by atoms with Crippen LogP contribution in [0.4, 0.5) is 0 Å². The molecule has 0 bridgehead atoms. The number of rotatable bonds is 17. The van der Waals surface area contributed by atoms with Gasteiger partial charge in [0.05, 0.1) is 18.7 Å². The highest BCUT2D eigenvalue weighted by Gasteiger charge is 2.49. The molecule has 0 unspecified atom stereocenters. The second kappa shape index (κ2) is 36.2. The molecule has 1 heterocycles. The van der Waals surface area contributed by atoms with Gasteiger partial charge in [0.25, 0.3) is 0 Å². The summed E-state index contributed by atoms with van der Waals surface area (Å²) < 4.78 is 7.14. The van der Waals surface area contributed by atoms with Gasteiger partial charge in [-0.15, -0.1) is 0 Å². The number of ketones is 1. The maximum Gasteiger partial charge on any atom is 0.246 e. The SMILES string of the molecule is CC[C@H]1NC(=O)[C@@H]([C@H](O[Si](C)(C)C(C)(C)C)[C@H](C)CCO)N(C)C(=O)[C@@H](C(C)C)N(C)C(=O)[C@@H](CC(C)C)N(C)C(=O)[C@@H](CC(C)C)N(C)C(=O)[C@H](C)CC(=O)[C@@H](C)NC(=O)[C@@H](CC(C)C)N(C)C(=O)[C@@H](C(C)C)NC(=O)[C@H](CC(C)C)N(C)C(=O)CN(C)C1=O. The minimum absolute atomic E-state index is 0.0356. The zero-order chi connectivity index (χ0) is 71.0. The van der Waals surface area contributed by atoms with E-state index in [1.54, 1.807) is 41.5 Å². The molecule has 1 rings (SSSR count). The highest BCUT2D eigenvalue weighted by atomic mass is 28.4. The molecule has 1 fully saturated rings. The number of amides is 10. The van der Waals surface area contributed by atoms with E-state index >= 15 is 19.2 Å². The van der Waals surface area contributed by atoms with Crippen LogP contribution in [0.2, 0.25) is 18.1 Å². The van der Waals surface area contributed by atoms with Crippen LogP contribution in [0.3, 0.4) is 0 Å². The summed E-state index contributed by atoms with van der Waals surface area (Å²) in [6.07, 6.45) is -0.512. The Morgan fingerprint density at radius 2 is 0.934 bits per heavy atom. The molecule has 1 saturated heterocycles. The van der Waals surface area contributed by atoms with E-state index < -0.39 is 169 Å². The topological polar surface area (TPSA) is 276 Å². The number of nitrogens with zero attached hydrogens (tertiary/aromatic N) is 7. The Morgan fingerprint density at radius 3 is 1.36 bits per heavy atom. The predicted molar refractivity (Wildman–Crippen MR) is 358 cm³/mol. The zero-order valence-corrected chi connectivity index (χ0v) is 62.2. The number of aliphatic hydroxyl groups is 1. The van der Waals surface area contributed by atoms with Crippen molar-refractivity contribution >= 4 is 73.2 Å². The zero-order valence-electron chi connectivity index (χ0n) is 61.2. The lowest BCUT2D eigenvalue weighted by Gasteiger charge is -2.46. The Labute approximate surface area is 548 Å². The van der Waals surface area contributed by atoms with Crippen molar-refractivity contribution in [1.29, 1.82) is 0 Å². The smallest absolute Gasteiger partial charge is 0.246 e. The second-order valence-electron chi connectivity index (χ2n) is 30.0. The quantitative estimate of drug-likeness (QED) is 0.125. The number of hydrogen-bond acceptors (Lipinski definition) is 13. The van der Waals surface area contributed by atoms with Crippen LogP contribution < -0.4 is 16.0 Å². The molecule has 0 aromatic heterocycles. The van der Waals surface area contributed by atoms with E-state index in [9.17, 15) is 38.7 Å². The van der Waals surface area contributed by atoms with Gasteiger partial charge < -0.3 is 59.8 Å². The Hall–Kier alpha value is -5.49. The first-order chi connectivity index (χ1) is 41.6. The molecule has 524 valence electrons. The van der Waals surface area contributed by atoms with Crippen molar-refractivity contribution in [2.24, 2.45) is 47.3 Å². The molecular formula is C67H124N10O13Si. The number of Topliss-reactive ketones (excluding diaryl/α,β-unsaturated/α-hetero) is 1. The lowest BCUT2D eigenvalue weighted by Crippen LogP contribution is -2.65. The number of hydrogen-bond donors (Lipinski definition) is 4. The highest BCUT2D eigenvalue weighted by Crippen LogP contribution is 2.40. The van der Waals surface area contributed by atoms with Crippen LogP contribution >= 0.6 is 0 Å². The van der Waals surface area contributed by atoms with Crippen molar-refractivity contribution in [3.05, 3.63) is 0 Å². The van der Waals surface area contributed by atoms with Gasteiger partial charge >= 0.3 is 0 Å². The molecule has 0 saturated carbocycles. The van der Waals surface area contributed by atoms with Crippen LogP contribution in [0.5, 0.6) is 0 Å². The number of likely N-dealkylation sites (N-methyl/N-ethyl adjacent to an activating group) is 7. The van der Waals surface area contributed by atoms with Gasteiger partial charge in [0, 0.05) is 68.3 Å². The van der Waals surface area contributed by atoms with Crippen molar-refractivity contribution in [2.45, 2.75) is 255 Å². The highest BCUT2D eigenvalue weighted by molar-refractivity contribution is 6.74. The normalized spacial score (nSPS) is 26.3. The molecule has 0 aromatic rings. The van der Waals surface area contributed by atoms with Gasteiger partial charge in [0.1, 0.15) is 48.3 Å². The molecule has 24 heteroatoms. The third kappa shape index (κ3) is 23.2. The summed E-state index contributed by atoms with van der Waals surface area (Å²) in [6, 6.07) is -10.8. The number of carbonyl (C=O) groups excluding carboxylic acids is 11. The Morgan fingerprint density at radius 1 is 0.516 bits per heavy atom. The molecule has 4 N–H and O–H groups in total. The summed E-state index contributed by atoms with van der Waals surface area (Å²) in [5.74, 6) is -9.90. The standard InChI is InChI=1S/C67H124N10O13Si/c1-29-47-62(85)71(20)37-53(80)72(21)48(32-38(2)3)59(82)70-54(42(10)11)65(88)73(22)49(33-39(4)5)58(81)68-46(16)52(79)36-45(15)61(84)74(23)50(34-40(6)7)63(86)75(24)51(35-41(8)9)64(87)76(25)55(43(12)13)66(89)77(26)56(60(83)69-47)57(44(14)30-31-78)90-91(27,28)67(17,18)19/h38-51,54-57,78H,29-37H2,1-28H3,(H,68,81)(H,69,83)(H,70,82)/t44-,45-,46-,47-,48+,49-,50-,51-,54-,55-,56-,57-/m1/s1. The molecule has 23 nitrogen and oxygen atoms in total. The fourth-order valence-corrected chi connectivity index (χ4v) is 12.9. The third-order valence-electron chi connectivity index (χ3n) is 18.4. The molecule has 0 spiro atoms. The summed E-state index contributed by atoms with van der Waals surface area (Å²) in [7, 11) is 7.37. The molecule has 0 radical (unpaired) electrons. The van der Waals surface area contributed by atoms with Crippen LogP contribution in [-0.4, -0.2) is 236 Å². The largest absolute Gasteiger partial charge is 0.411 e. The van der Waals surface area contributed by atoms with E-state index in [0.717, 1.165) is 4.90 Å².